The molecule has 0 fully saturated rings. The van der Waals surface area contributed by atoms with Crippen molar-refractivity contribution in [3.63, 3.8) is 0 Å². The van der Waals surface area contributed by atoms with E-state index in [1.165, 1.54) is 56.8 Å². The Morgan fingerprint density at radius 1 is 0.656 bits per heavy atom. The van der Waals surface area contributed by atoms with Gasteiger partial charge in [-0.1, -0.05) is 116 Å². The minimum atomic E-state index is -0.464. The highest BCUT2D eigenvalue weighted by Crippen LogP contribution is 2.40. The number of carbonyl (C=O) groups excluding carboxylic acids is 2. The van der Waals surface area contributed by atoms with Crippen molar-refractivity contribution in [3.8, 4) is 22.6 Å². The Balaban J connectivity index is 1.02. The Kier molecular flexibility index (Phi) is 12.2. The number of hydrogen-bond donors (Lipinski definition) is 0. The third-order valence-electron chi connectivity index (χ3n) is 11.7. The van der Waals surface area contributed by atoms with E-state index in [9.17, 15) is 9.59 Å². The maximum Gasteiger partial charge on any atom is 0.335 e. The molecule has 0 saturated carbocycles. The van der Waals surface area contributed by atoms with Crippen LogP contribution in [0.15, 0.2) is 183 Å². The first kappa shape index (κ1) is 40.5. The summed E-state index contributed by atoms with van der Waals surface area (Å²) in [5.41, 5.74) is 14.6. The second-order valence-corrected chi connectivity index (χ2v) is 15.8. The molecule has 302 valence electrons. The van der Waals surface area contributed by atoms with Gasteiger partial charge < -0.3 is 14.4 Å². The van der Waals surface area contributed by atoms with Crippen molar-refractivity contribution < 1.29 is 19.1 Å². The first-order chi connectivity index (χ1) is 29.7. The summed E-state index contributed by atoms with van der Waals surface area (Å²) in [6.45, 7) is 11.5. The minimum Gasteiger partial charge on any atom is -0.423 e. The van der Waals surface area contributed by atoms with Crippen LogP contribution in [-0.2, 0) is 28.9 Å². The topological polar surface area (TPSA) is 55.8 Å². The lowest BCUT2D eigenvalue weighted by molar-refractivity contribution is -0.129. The van der Waals surface area contributed by atoms with Crippen LogP contribution in [-0.4, -0.2) is 11.9 Å². The first-order valence-electron chi connectivity index (χ1n) is 20.9. The number of benzene rings is 7. The fourth-order valence-corrected chi connectivity index (χ4v) is 8.46. The van der Waals surface area contributed by atoms with Crippen molar-refractivity contribution in [2.75, 3.05) is 4.90 Å². The predicted octanol–water partition coefficient (Wildman–Crippen LogP) is 13.4. The molecule has 0 spiro atoms. The van der Waals surface area contributed by atoms with Gasteiger partial charge in [0.15, 0.2) is 0 Å². The number of nitrogens with zero attached hydrogens (tertiary/aromatic N) is 1. The van der Waals surface area contributed by atoms with E-state index in [4.69, 9.17) is 9.47 Å². The lowest BCUT2D eigenvalue weighted by Gasteiger charge is -2.32. The average molecular weight is 800 g/mol. The van der Waals surface area contributed by atoms with Gasteiger partial charge in [-0.3, -0.25) is 0 Å². The van der Waals surface area contributed by atoms with Crippen molar-refractivity contribution in [2.24, 2.45) is 0 Å². The van der Waals surface area contributed by atoms with Crippen molar-refractivity contribution in [1.82, 2.24) is 0 Å². The number of aryl methyl sites for hydroxylation is 4. The number of allylic oxidation sites excluding steroid dienone is 1. The minimum absolute atomic E-state index is 0.319. The second kappa shape index (κ2) is 18.4. The summed E-state index contributed by atoms with van der Waals surface area (Å²) in [4.78, 5) is 26.0. The van der Waals surface area contributed by atoms with Gasteiger partial charge in [0.05, 0.1) is 0 Å². The third kappa shape index (κ3) is 9.48. The number of anilines is 2. The number of fused-ring (bicyclic) bond motifs is 2. The van der Waals surface area contributed by atoms with Gasteiger partial charge in [0, 0.05) is 29.2 Å². The summed E-state index contributed by atoms with van der Waals surface area (Å²) < 4.78 is 10.8. The zero-order valence-corrected chi connectivity index (χ0v) is 34.8. The van der Waals surface area contributed by atoms with Crippen LogP contribution in [0.5, 0.6) is 11.5 Å². The van der Waals surface area contributed by atoms with Gasteiger partial charge in [-0.2, -0.15) is 0 Å². The Morgan fingerprint density at radius 2 is 1.30 bits per heavy atom. The van der Waals surface area contributed by atoms with E-state index in [1.807, 2.05) is 36.4 Å². The van der Waals surface area contributed by atoms with Crippen LogP contribution in [0.4, 0.5) is 11.4 Å². The largest absolute Gasteiger partial charge is 0.423 e. The summed E-state index contributed by atoms with van der Waals surface area (Å²) >= 11 is 0. The van der Waals surface area contributed by atoms with E-state index in [0.29, 0.717) is 17.4 Å². The van der Waals surface area contributed by atoms with Crippen molar-refractivity contribution in [1.29, 1.82) is 0 Å². The Hall–Kier alpha value is -7.24. The number of rotatable bonds is 14. The van der Waals surface area contributed by atoms with Gasteiger partial charge in [0.1, 0.15) is 11.5 Å². The molecule has 5 nitrogen and oxygen atoms in total. The molecule has 0 aromatic heterocycles. The zero-order valence-electron chi connectivity index (χ0n) is 34.8. The van der Waals surface area contributed by atoms with Gasteiger partial charge in [-0.05, 0) is 167 Å². The van der Waals surface area contributed by atoms with E-state index < -0.39 is 11.9 Å². The van der Waals surface area contributed by atoms with Crippen LogP contribution in [0.25, 0.3) is 28.0 Å². The highest BCUT2D eigenvalue weighted by atomic mass is 16.5. The molecule has 0 saturated heterocycles. The number of esters is 2. The molecule has 0 unspecified atom stereocenters. The average Bonchev–Trinajstić information content (AvgIpc) is 3.29. The molecular weight excluding hydrogens is 751 g/mol. The van der Waals surface area contributed by atoms with Gasteiger partial charge in [-0.25, -0.2) is 9.59 Å². The highest BCUT2D eigenvalue weighted by molar-refractivity contribution is 5.88. The van der Waals surface area contributed by atoms with Crippen LogP contribution in [0, 0.1) is 13.8 Å². The van der Waals surface area contributed by atoms with Crippen LogP contribution >= 0.6 is 0 Å². The highest BCUT2D eigenvalue weighted by Gasteiger charge is 2.22. The molecule has 1 aliphatic rings. The van der Waals surface area contributed by atoms with E-state index in [0.717, 1.165) is 65.4 Å². The third-order valence-corrected chi connectivity index (χ3v) is 11.7. The van der Waals surface area contributed by atoms with Crippen LogP contribution < -0.4 is 14.4 Å². The number of para-hydroxylation sites is 1. The maximum absolute atomic E-state index is 11.8. The molecule has 1 aliphatic carbocycles. The molecule has 0 N–H and O–H groups in total. The van der Waals surface area contributed by atoms with Gasteiger partial charge in [0.25, 0.3) is 0 Å². The molecule has 0 aliphatic heterocycles. The van der Waals surface area contributed by atoms with Crippen LogP contribution in [0.2, 0.25) is 0 Å². The zero-order chi connectivity index (χ0) is 42.3. The maximum atomic E-state index is 11.8. The standard InChI is InChI=1S/C56H49NO4/c1-5-55(58)60-52-28-24-46-34-45(21-22-48(46)36-52)44(33-40-13-9-7-10-14-40)20-18-41-17-19-42(31-38(41)3)43-26-30-54(39(4)32-43)57(50-15-11-8-12-16-50)51-27-23-49-37-53(61-56(59)6-2)29-25-47(49)35-51/h5-17,19,21-22,24-26,28-32,34-37,44H,1-2,18,20,23,27,33H2,3-4H3/t44-/m0/s1. The molecule has 0 heterocycles. The molecule has 0 bridgehead atoms. The molecular formula is C56H49NO4. The quantitative estimate of drug-likeness (QED) is 0.0623. The molecule has 61 heavy (non-hydrogen) atoms. The smallest absolute Gasteiger partial charge is 0.335 e. The Morgan fingerprint density at radius 3 is 2.00 bits per heavy atom. The van der Waals surface area contributed by atoms with Crippen LogP contribution in [0.1, 0.15) is 57.7 Å². The number of carbonyl (C=O) groups is 2. The van der Waals surface area contributed by atoms with Crippen LogP contribution in [0.3, 0.4) is 0 Å². The van der Waals surface area contributed by atoms with Crippen molar-refractivity contribution in [3.05, 3.63) is 222 Å². The van der Waals surface area contributed by atoms with Gasteiger partial charge in [0.2, 0.25) is 0 Å². The summed E-state index contributed by atoms with van der Waals surface area (Å²) in [7, 11) is 0. The predicted molar refractivity (Wildman–Crippen MR) is 249 cm³/mol. The van der Waals surface area contributed by atoms with Gasteiger partial charge >= 0.3 is 11.9 Å². The molecule has 1 atom stereocenters. The van der Waals surface area contributed by atoms with Crippen molar-refractivity contribution in [2.45, 2.75) is 51.9 Å². The molecule has 5 heteroatoms. The summed E-state index contributed by atoms with van der Waals surface area (Å²) in [5, 5.41) is 2.15. The summed E-state index contributed by atoms with van der Waals surface area (Å²) in [6, 6.07) is 53.2. The number of hydrogen-bond acceptors (Lipinski definition) is 5. The molecule has 0 radical (unpaired) electrons. The molecule has 7 aromatic rings. The number of ether oxygens (including phenoxy) is 2. The fraction of sp³-hybridized carbons (Fsp3) is 0.143. The monoisotopic (exact) mass is 799 g/mol. The van der Waals surface area contributed by atoms with Crippen molar-refractivity contribution >= 4 is 40.2 Å². The molecule has 7 aromatic carbocycles. The Bertz CT molecular complexity index is 2780. The van der Waals surface area contributed by atoms with E-state index >= 15 is 0 Å². The molecule has 8 rings (SSSR count). The summed E-state index contributed by atoms with van der Waals surface area (Å²) in [6.07, 6.45) is 9.20. The first-order valence-corrected chi connectivity index (χ1v) is 20.9. The lowest BCUT2D eigenvalue weighted by atomic mass is 9.85. The second-order valence-electron chi connectivity index (χ2n) is 15.8. The summed E-state index contributed by atoms with van der Waals surface area (Å²) in [5.74, 6) is 0.451. The lowest BCUT2D eigenvalue weighted by Crippen LogP contribution is -2.20. The fourth-order valence-electron chi connectivity index (χ4n) is 8.46. The molecule has 0 amide bonds. The van der Waals surface area contributed by atoms with E-state index in [1.54, 1.807) is 0 Å². The van der Waals surface area contributed by atoms with E-state index in [-0.39, 0.29) is 0 Å². The Labute approximate surface area is 358 Å². The SMILES string of the molecule is C=CC(=O)Oc1ccc2c(c1)CCC(N(c1ccccc1)c1ccc(-c3ccc(CC[C@@H](Cc4ccccc4)c4ccc5cc(OC(=O)C=C)ccc5c4)c(C)c3)cc1C)=C2. The van der Waals surface area contributed by atoms with Gasteiger partial charge in [-0.15, -0.1) is 0 Å². The normalized spacial score (nSPS) is 12.5. The van der Waals surface area contributed by atoms with E-state index in [2.05, 4.69) is 153 Å².